The lowest BCUT2D eigenvalue weighted by atomic mass is 10.2. The van der Waals surface area contributed by atoms with Gasteiger partial charge in [-0.15, -0.1) is 11.3 Å². The van der Waals surface area contributed by atoms with Crippen molar-refractivity contribution in [2.24, 2.45) is 0 Å². The third kappa shape index (κ3) is 3.15. The first-order chi connectivity index (χ1) is 8.67. The number of benzene rings is 1. The minimum absolute atomic E-state index is 0.126. The van der Waals surface area contributed by atoms with Crippen molar-refractivity contribution in [3.05, 3.63) is 45.9 Å². The van der Waals surface area contributed by atoms with Crippen LogP contribution in [0.5, 0.6) is 0 Å². The van der Waals surface area contributed by atoms with E-state index in [1.165, 1.54) is 11.3 Å². The highest BCUT2D eigenvalue weighted by atomic mass is 32.1. The molecule has 0 atom stereocenters. The van der Waals surface area contributed by atoms with Crippen LogP contribution in [-0.4, -0.2) is 10.9 Å². The summed E-state index contributed by atoms with van der Waals surface area (Å²) in [5.41, 5.74) is 2.08. The van der Waals surface area contributed by atoms with Crippen LogP contribution in [0.1, 0.15) is 16.3 Å². The van der Waals surface area contributed by atoms with Gasteiger partial charge in [0.25, 0.3) is 0 Å². The van der Waals surface area contributed by atoms with Gasteiger partial charge in [-0.1, -0.05) is 6.07 Å². The number of nitrogens with zero attached hydrogens (tertiary/aromatic N) is 2. The van der Waals surface area contributed by atoms with Gasteiger partial charge in [-0.3, -0.25) is 4.79 Å². The molecule has 1 aromatic heterocycles. The topological polar surface area (TPSA) is 65.8 Å². The van der Waals surface area contributed by atoms with Crippen molar-refractivity contribution < 1.29 is 4.79 Å². The summed E-state index contributed by atoms with van der Waals surface area (Å²) in [5, 5.41) is 14.2. The Kier molecular flexibility index (Phi) is 3.70. The zero-order valence-corrected chi connectivity index (χ0v) is 10.6. The van der Waals surface area contributed by atoms with E-state index in [2.05, 4.69) is 10.3 Å². The number of rotatable bonds is 3. The number of nitrogens with one attached hydrogen (secondary N) is 1. The van der Waals surface area contributed by atoms with Crippen molar-refractivity contribution >= 4 is 22.9 Å². The molecule has 18 heavy (non-hydrogen) atoms. The average Bonchev–Trinajstić information content (AvgIpc) is 2.74. The number of aromatic nitrogens is 1. The molecule has 0 saturated heterocycles. The predicted molar refractivity (Wildman–Crippen MR) is 70.3 cm³/mol. The lowest BCUT2D eigenvalue weighted by Crippen LogP contribution is -2.14. The molecule has 0 aliphatic rings. The van der Waals surface area contributed by atoms with Crippen LogP contribution < -0.4 is 5.32 Å². The maximum atomic E-state index is 11.8. The smallest absolute Gasteiger partial charge is 0.231 e. The third-order valence-corrected chi connectivity index (χ3v) is 3.22. The summed E-state index contributed by atoms with van der Waals surface area (Å²) in [5.74, 6) is -0.126. The number of anilines is 1. The van der Waals surface area contributed by atoms with Crippen molar-refractivity contribution in [1.29, 1.82) is 5.26 Å². The largest absolute Gasteiger partial charge is 0.326 e. The number of hydrogen-bond donors (Lipinski definition) is 1. The molecular formula is C13H11N3OS. The molecule has 1 aromatic carbocycles. The summed E-state index contributed by atoms with van der Waals surface area (Å²) in [6.45, 7) is 1.90. The number of carbonyl (C=O) groups is 1. The first-order valence-electron chi connectivity index (χ1n) is 5.38. The molecule has 0 fully saturated rings. The predicted octanol–water partition coefficient (Wildman–Crippen LogP) is 2.50. The SMILES string of the molecule is Cc1csc(CC(=O)Nc2cccc(C#N)c2)n1. The highest BCUT2D eigenvalue weighted by Gasteiger charge is 2.07. The first-order valence-corrected chi connectivity index (χ1v) is 6.26. The van der Waals surface area contributed by atoms with Crippen LogP contribution >= 0.6 is 11.3 Å². The Balaban J connectivity index is 2.01. The van der Waals surface area contributed by atoms with Crippen LogP contribution in [0.3, 0.4) is 0 Å². The Labute approximate surface area is 109 Å². The molecule has 4 nitrogen and oxygen atoms in total. The van der Waals surface area contributed by atoms with Gasteiger partial charge in [-0.2, -0.15) is 5.26 Å². The normalized spacial score (nSPS) is 9.78. The van der Waals surface area contributed by atoms with Gasteiger partial charge in [0.1, 0.15) is 5.01 Å². The fourth-order valence-corrected chi connectivity index (χ4v) is 2.26. The molecular weight excluding hydrogens is 246 g/mol. The molecule has 0 unspecified atom stereocenters. The van der Waals surface area contributed by atoms with E-state index in [9.17, 15) is 4.79 Å². The summed E-state index contributed by atoms with van der Waals surface area (Å²) in [6, 6.07) is 8.86. The van der Waals surface area contributed by atoms with Crippen LogP contribution in [0.2, 0.25) is 0 Å². The number of amides is 1. The Morgan fingerprint density at radius 1 is 1.56 bits per heavy atom. The van der Waals surface area contributed by atoms with Crippen LogP contribution in [-0.2, 0) is 11.2 Å². The molecule has 2 aromatic rings. The van der Waals surface area contributed by atoms with Gasteiger partial charge < -0.3 is 5.32 Å². The Bertz CT molecular complexity index is 613. The second-order valence-corrected chi connectivity index (χ2v) is 4.74. The molecule has 0 bridgehead atoms. The van der Waals surface area contributed by atoms with Crippen LogP contribution in [0.4, 0.5) is 5.69 Å². The summed E-state index contributed by atoms with van der Waals surface area (Å²) < 4.78 is 0. The van der Waals surface area contributed by atoms with Gasteiger partial charge in [-0.05, 0) is 25.1 Å². The highest BCUT2D eigenvalue weighted by molar-refractivity contribution is 7.09. The van der Waals surface area contributed by atoms with Crippen molar-refractivity contribution in [2.45, 2.75) is 13.3 Å². The molecule has 1 amide bonds. The molecule has 1 heterocycles. The van der Waals surface area contributed by atoms with Gasteiger partial charge in [0, 0.05) is 16.8 Å². The minimum Gasteiger partial charge on any atom is -0.326 e. The van der Waals surface area contributed by atoms with Crippen molar-refractivity contribution in [1.82, 2.24) is 4.98 Å². The fourth-order valence-electron chi connectivity index (χ4n) is 1.49. The summed E-state index contributed by atoms with van der Waals surface area (Å²) in [4.78, 5) is 16.0. The van der Waals surface area contributed by atoms with E-state index in [0.717, 1.165) is 10.7 Å². The number of nitriles is 1. The fraction of sp³-hybridized carbons (Fsp3) is 0.154. The molecule has 0 spiro atoms. The Morgan fingerprint density at radius 2 is 2.39 bits per heavy atom. The molecule has 0 radical (unpaired) electrons. The molecule has 0 saturated carbocycles. The van der Waals surface area contributed by atoms with Crippen LogP contribution in [0.15, 0.2) is 29.6 Å². The van der Waals surface area contributed by atoms with E-state index in [1.54, 1.807) is 24.3 Å². The van der Waals surface area contributed by atoms with E-state index < -0.39 is 0 Å². The maximum Gasteiger partial charge on any atom is 0.231 e. The first kappa shape index (κ1) is 12.3. The van der Waals surface area contributed by atoms with E-state index in [4.69, 9.17) is 5.26 Å². The third-order valence-electron chi connectivity index (χ3n) is 2.25. The molecule has 0 aliphatic carbocycles. The van der Waals surface area contributed by atoms with Crippen molar-refractivity contribution in [3.63, 3.8) is 0 Å². The number of carbonyl (C=O) groups excluding carboxylic acids is 1. The summed E-state index contributed by atoms with van der Waals surface area (Å²) in [7, 11) is 0. The maximum absolute atomic E-state index is 11.8. The van der Waals surface area contributed by atoms with Crippen LogP contribution in [0.25, 0.3) is 0 Å². The Morgan fingerprint density at radius 3 is 3.06 bits per heavy atom. The summed E-state index contributed by atoms with van der Waals surface area (Å²) >= 11 is 1.47. The van der Waals surface area contributed by atoms with Crippen molar-refractivity contribution in [3.8, 4) is 6.07 Å². The number of hydrogen-bond acceptors (Lipinski definition) is 4. The van der Waals surface area contributed by atoms with E-state index >= 15 is 0 Å². The van der Waals surface area contributed by atoms with Gasteiger partial charge >= 0.3 is 0 Å². The molecule has 1 N–H and O–H groups in total. The standard InChI is InChI=1S/C13H11N3OS/c1-9-8-18-13(15-9)6-12(17)16-11-4-2-3-10(5-11)7-14/h2-5,8H,6H2,1H3,(H,16,17). The highest BCUT2D eigenvalue weighted by Crippen LogP contribution is 2.12. The van der Waals surface area contributed by atoms with Crippen molar-refractivity contribution in [2.75, 3.05) is 5.32 Å². The number of thiazole rings is 1. The Hall–Kier alpha value is -2.19. The molecule has 0 aliphatic heterocycles. The van der Waals surface area contributed by atoms with Gasteiger partial charge in [0.15, 0.2) is 0 Å². The van der Waals surface area contributed by atoms with Crippen LogP contribution in [0, 0.1) is 18.3 Å². The molecule has 90 valence electrons. The zero-order valence-electron chi connectivity index (χ0n) is 9.80. The average molecular weight is 257 g/mol. The molecule has 2 rings (SSSR count). The lowest BCUT2D eigenvalue weighted by Gasteiger charge is -2.03. The summed E-state index contributed by atoms with van der Waals surface area (Å²) in [6.07, 6.45) is 0.259. The van der Waals surface area contributed by atoms with E-state index in [1.807, 2.05) is 18.4 Å². The second kappa shape index (κ2) is 5.43. The monoisotopic (exact) mass is 257 g/mol. The van der Waals surface area contributed by atoms with Gasteiger partial charge in [0.2, 0.25) is 5.91 Å². The van der Waals surface area contributed by atoms with E-state index in [-0.39, 0.29) is 12.3 Å². The quantitative estimate of drug-likeness (QED) is 0.918. The minimum atomic E-state index is -0.126. The lowest BCUT2D eigenvalue weighted by molar-refractivity contribution is -0.115. The number of aryl methyl sites for hydroxylation is 1. The van der Waals surface area contributed by atoms with E-state index in [0.29, 0.717) is 11.3 Å². The zero-order chi connectivity index (χ0) is 13.0. The second-order valence-electron chi connectivity index (χ2n) is 3.80. The van der Waals surface area contributed by atoms with Gasteiger partial charge in [0.05, 0.1) is 18.1 Å². The van der Waals surface area contributed by atoms with Gasteiger partial charge in [-0.25, -0.2) is 4.98 Å². The molecule has 5 heteroatoms.